The highest BCUT2D eigenvalue weighted by atomic mass is 16.2. The van der Waals surface area contributed by atoms with Gasteiger partial charge < -0.3 is 10.2 Å². The first-order valence-corrected chi connectivity index (χ1v) is 9.35. The molecule has 2 aliphatic heterocycles. The molecule has 1 saturated heterocycles. The molecular weight excluding hydrogens is 306 g/mol. The number of likely N-dealkylation sites (tertiary alicyclic amines) is 1. The second kappa shape index (κ2) is 7.96. The van der Waals surface area contributed by atoms with Gasteiger partial charge in [-0.15, -0.1) is 0 Å². The Balaban J connectivity index is 1.53. The Morgan fingerprint density at radius 3 is 2.75 bits per heavy atom. The van der Waals surface area contributed by atoms with E-state index in [4.69, 9.17) is 0 Å². The molecule has 1 N–H and O–H groups in total. The summed E-state index contributed by atoms with van der Waals surface area (Å²) in [7, 11) is 0. The Bertz CT molecular complexity index is 613. The maximum absolute atomic E-state index is 12.4. The summed E-state index contributed by atoms with van der Waals surface area (Å²) in [5, 5.41) is 7.45. The van der Waals surface area contributed by atoms with Crippen LogP contribution in [0.5, 0.6) is 0 Å². The fourth-order valence-corrected chi connectivity index (χ4v) is 3.75. The van der Waals surface area contributed by atoms with Crippen molar-refractivity contribution in [2.75, 3.05) is 19.6 Å². The Kier molecular flexibility index (Phi) is 5.71. The molecule has 24 heavy (non-hydrogen) atoms. The summed E-state index contributed by atoms with van der Waals surface area (Å²) in [4.78, 5) is 27.1. The molecule has 0 bridgehead atoms. The molecule has 7 heteroatoms. The van der Waals surface area contributed by atoms with Crippen LogP contribution < -0.4 is 11.0 Å². The van der Waals surface area contributed by atoms with E-state index in [0.717, 1.165) is 70.5 Å². The van der Waals surface area contributed by atoms with E-state index in [2.05, 4.69) is 22.2 Å². The smallest absolute Gasteiger partial charge is 0.346 e. The van der Waals surface area contributed by atoms with Crippen molar-refractivity contribution in [2.45, 2.75) is 71.0 Å². The van der Waals surface area contributed by atoms with Crippen LogP contribution in [0.1, 0.15) is 51.3 Å². The van der Waals surface area contributed by atoms with E-state index in [9.17, 15) is 9.59 Å². The number of amides is 1. The molecule has 3 heterocycles. The van der Waals surface area contributed by atoms with Crippen LogP contribution in [0.25, 0.3) is 0 Å². The zero-order valence-corrected chi connectivity index (χ0v) is 14.7. The SMILES string of the molecule is CCCN1CCC(NC(=O)Cn2nc3n(c2=O)CCCCC3)CC1. The van der Waals surface area contributed by atoms with Crippen LogP contribution in [-0.4, -0.2) is 50.8 Å². The number of hydrogen-bond acceptors (Lipinski definition) is 4. The molecule has 0 saturated carbocycles. The minimum atomic E-state index is -0.139. The van der Waals surface area contributed by atoms with Crippen molar-refractivity contribution in [1.82, 2.24) is 24.6 Å². The first-order chi connectivity index (χ1) is 11.7. The van der Waals surface area contributed by atoms with Crippen molar-refractivity contribution < 1.29 is 4.79 Å². The van der Waals surface area contributed by atoms with Crippen molar-refractivity contribution >= 4 is 5.91 Å². The van der Waals surface area contributed by atoms with E-state index in [1.54, 1.807) is 4.57 Å². The molecule has 0 atom stereocenters. The van der Waals surface area contributed by atoms with Crippen molar-refractivity contribution in [1.29, 1.82) is 0 Å². The van der Waals surface area contributed by atoms with Gasteiger partial charge in [-0.3, -0.25) is 9.36 Å². The Morgan fingerprint density at radius 2 is 2.00 bits per heavy atom. The van der Waals surface area contributed by atoms with Crippen LogP contribution in [0.15, 0.2) is 4.79 Å². The van der Waals surface area contributed by atoms with Crippen molar-refractivity contribution in [3.05, 3.63) is 16.3 Å². The molecular formula is C17H29N5O2. The van der Waals surface area contributed by atoms with Gasteiger partial charge in [0.2, 0.25) is 5.91 Å². The van der Waals surface area contributed by atoms with E-state index >= 15 is 0 Å². The third-order valence-corrected chi connectivity index (χ3v) is 5.07. The number of aromatic nitrogens is 3. The number of nitrogens with one attached hydrogen (secondary N) is 1. The summed E-state index contributed by atoms with van der Waals surface area (Å²) in [5.41, 5.74) is -0.139. The van der Waals surface area contributed by atoms with E-state index in [1.807, 2.05) is 0 Å². The predicted molar refractivity (Wildman–Crippen MR) is 91.9 cm³/mol. The average Bonchev–Trinajstić information content (AvgIpc) is 2.75. The molecule has 3 rings (SSSR count). The summed E-state index contributed by atoms with van der Waals surface area (Å²) >= 11 is 0. The number of carbonyl (C=O) groups is 1. The summed E-state index contributed by atoms with van der Waals surface area (Å²) in [6.45, 7) is 6.17. The van der Waals surface area contributed by atoms with Gasteiger partial charge in [-0.25, -0.2) is 9.48 Å². The van der Waals surface area contributed by atoms with E-state index < -0.39 is 0 Å². The van der Waals surface area contributed by atoms with Crippen molar-refractivity contribution in [3.63, 3.8) is 0 Å². The molecule has 2 aliphatic rings. The molecule has 0 spiro atoms. The van der Waals surface area contributed by atoms with Gasteiger partial charge in [-0.05, 0) is 38.6 Å². The fourth-order valence-electron chi connectivity index (χ4n) is 3.75. The topological polar surface area (TPSA) is 72.2 Å². The highest BCUT2D eigenvalue weighted by molar-refractivity contribution is 5.75. The Labute approximate surface area is 143 Å². The molecule has 0 unspecified atom stereocenters. The van der Waals surface area contributed by atoms with Gasteiger partial charge in [0.05, 0.1) is 0 Å². The third kappa shape index (κ3) is 4.06. The van der Waals surface area contributed by atoms with E-state index in [0.29, 0.717) is 0 Å². The predicted octanol–water partition coefficient (Wildman–Crippen LogP) is 0.762. The van der Waals surface area contributed by atoms with Crippen LogP contribution in [-0.2, 0) is 24.3 Å². The fraction of sp³-hybridized carbons (Fsp3) is 0.824. The van der Waals surface area contributed by atoms with Gasteiger partial charge in [-0.2, -0.15) is 5.10 Å². The number of hydrogen-bond donors (Lipinski definition) is 1. The number of piperidine rings is 1. The first kappa shape index (κ1) is 17.2. The molecule has 1 amide bonds. The van der Waals surface area contributed by atoms with Gasteiger partial charge in [0.15, 0.2) is 0 Å². The highest BCUT2D eigenvalue weighted by Gasteiger charge is 2.22. The largest absolute Gasteiger partial charge is 0.352 e. The monoisotopic (exact) mass is 335 g/mol. The van der Waals surface area contributed by atoms with E-state index in [1.165, 1.54) is 11.1 Å². The van der Waals surface area contributed by atoms with Crippen LogP contribution in [0.3, 0.4) is 0 Å². The van der Waals surface area contributed by atoms with Gasteiger partial charge in [0.1, 0.15) is 12.4 Å². The van der Waals surface area contributed by atoms with E-state index in [-0.39, 0.29) is 24.2 Å². The van der Waals surface area contributed by atoms with Crippen LogP contribution >= 0.6 is 0 Å². The maximum Gasteiger partial charge on any atom is 0.346 e. The highest BCUT2D eigenvalue weighted by Crippen LogP contribution is 2.11. The second-order valence-corrected chi connectivity index (χ2v) is 7.00. The molecule has 0 radical (unpaired) electrons. The van der Waals surface area contributed by atoms with Crippen LogP contribution in [0, 0.1) is 0 Å². The third-order valence-electron chi connectivity index (χ3n) is 5.07. The maximum atomic E-state index is 12.4. The summed E-state index contributed by atoms with van der Waals surface area (Å²) in [6.07, 6.45) is 7.20. The van der Waals surface area contributed by atoms with Crippen LogP contribution in [0.2, 0.25) is 0 Å². The molecule has 134 valence electrons. The first-order valence-electron chi connectivity index (χ1n) is 9.35. The molecule has 1 aromatic rings. The zero-order valence-electron chi connectivity index (χ0n) is 14.7. The van der Waals surface area contributed by atoms with Gasteiger partial charge in [-0.1, -0.05) is 13.3 Å². The number of fused-ring (bicyclic) bond motifs is 1. The van der Waals surface area contributed by atoms with Gasteiger partial charge >= 0.3 is 5.69 Å². The van der Waals surface area contributed by atoms with Gasteiger partial charge in [0.25, 0.3) is 0 Å². The lowest BCUT2D eigenvalue weighted by molar-refractivity contribution is -0.122. The summed E-state index contributed by atoms with van der Waals surface area (Å²) in [5.74, 6) is 0.734. The van der Waals surface area contributed by atoms with Crippen molar-refractivity contribution in [3.8, 4) is 0 Å². The zero-order chi connectivity index (χ0) is 16.9. The molecule has 1 aromatic heterocycles. The normalized spacial score (nSPS) is 19.7. The lowest BCUT2D eigenvalue weighted by Crippen LogP contribution is -2.46. The molecule has 0 aromatic carbocycles. The lowest BCUT2D eigenvalue weighted by atomic mass is 10.0. The number of nitrogens with zero attached hydrogens (tertiary/aromatic N) is 4. The minimum absolute atomic E-state index is 0.0357. The lowest BCUT2D eigenvalue weighted by Gasteiger charge is -2.32. The summed E-state index contributed by atoms with van der Waals surface area (Å²) < 4.78 is 3.08. The van der Waals surface area contributed by atoms with Crippen molar-refractivity contribution in [2.24, 2.45) is 0 Å². The summed E-state index contributed by atoms with van der Waals surface area (Å²) in [6, 6.07) is 0.224. The molecule has 0 aliphatic carbocycles. The molecule has 7 nitrogen and oxygen atoms in total. The van der Waals surface area contributed by atoms with Crippen LogP contribution in [0.4, 0.5) is 0 Å². The number of rotatable bonds is 5. The standard InChI is InChI=1S/C17H29N5O2/c1-2-9-20-11-7-14(8-12-20)18-16(23)13-22-17(24)21-10-5-3-4-6-15(21)19-22/h14H,2-13H2,1H3,(H,18,23). The number of aryl methyl sites for hydroxylation is 1. The molecule has 1 fully saturated rings. The quantitative estimate of drug-likeness (QED) is 0.862. The van der Waals surface area contributed by atoms with Gasteiger partial charge in [0, 0.05) is 32.1 Å². The minimum Gasteiger partial charge on any atom is -0.352 e. The number of carbonyl (C=O) groups excluding carboxylic acids is 1. The Morgan fingerprint density at radius 1 is 1.21 bits per heavy atom. The average molecular weight is 335 g/mol. The Hall–Kier alpha value is -1.63. The second-order valence-electron chi connectivity index (χ2n) is 7.00.